The lowest BCUT2D eigenvalue weighted by molar-refractivity contribution is 1.12. The number of hydrogen-bond donors (Lipinski definition) is 0. The summed E-state index contributed by atoms with van der Waals surface area (Å²) in [7, 11) is 0. The van der Waals surface area contributed by atoms with Crippen LogP contribution in [0.25, 0.3) is 16.0 Å². The van der Waals surface area contributed by atoms with Gasteiger partial charge in [-0.25, -0.2) is 4.98 Å². The maximum atomic E-state index is 12.1. The molecule has 1 aliphatic carbocycles. The average Bonchev–Trinajstić information content (AvgIpc) is 3.09. The van der Waals surface area contributed by atoms with E-state index in [1.54, 1.807) is 21.8 Å². The zero-order chi connectivity index (χ0) is 11.4. The van der Waals surface area contributed by atoms with Gasteiger partial charge in [0.15, 0.2) is 4.96 Å². The Morgan fingerprint density at radius 3 is 2.94 bits per heavy atom. The van der Waals surface area contributed by atoms with Crippen molar-refractivity contribution in [1.82, 2.24) is 9.38 Å². The van der Waals surface area contributed by atoms with Crippen molar-refractivity contribution in [3.63, 3.8) is 0 Å². The van der Waals surface area contributed by atoms with Gasteiger partial charge < -0.3 is 0 Å². The summed E-state index contributed by atoms with van der Waals surface area (Å²) >= 11 is 1.65. The lowest BCUT2D eigenvalue weighted by Crippen LogP contribution is -2.10. The number of imidazole rings is 1. The van der Waals surface area contributed by atoms with E-state index in [0.717, 1.165) is 16.0 Å². The third-order valence-corrected chi connectivity index (χ3v) is 4.35. The lowest BCUT2D eigenvalue weighted by Gasteiger charge is -1.97. The Kier molecular flexibility index (Phi) is 1.74. The van der Waals surface area contributed by atoms with Gasteiger partial charge in [-0.1, -0.05) is 12.1 Å². The van der Waals surface area contributed by atoms with Gasteiger partial charge in [-0.3, -0.25) is 9.20 Å². The zero-order valence-corrected chi connectivity index (χ0v) is 9.91. The van der Waals surface area contributed by atoms with Crippen LogP contribution in [0.1, 0.15) is 23.6 Å². The number of benzene rings is 1. The van der Waals surface area contributed by atoms with Crippen LogP contribution in [0.5, 0.6) is 0 Å². The second-order valence-electron chi connectivity index (χ2n) is 4.48. The smallest absolute Gasteiger partial charge is 0.258 e. The van der Waals surface area contributed by atoms with Crippen LogP contribution in [-0.4, -0.2) is 9.38 Å². The van der Waals surface area contributed by atoms with Crippen molar-refractivity contribution in [3.05, 3.63) is 45.6 Å². The summed E-state index contributed by atoms with van der Waals surface area (Å²) in [6, 6.07) is 9.57. The van der Waals surface area contributed by atoms with Crippen LogP contribution in [0.15, 0.2) is 35.1 Å². The highest BCUT2D eigenvalue weighted by molar-refractivity contribution is 7.16. The fraction of sp³-hybridized carbons (Fsp3) is 0.231. The molecule has 0 unspecified atom stereocenters. The fourth-order valence-electron chi connectivity index (χ4n) is 2.18. The number of rotatable bonds is 1. The monoisotopic (exact) mass is 242 g/mol. The van der Waals surface area contributed by atoms with Crippen molar-refractivity contribution in [3.8, 4) is 0 Å². The first-order valence-corrected chi connectivity index (χ1v) is 6.56. The van der Waals surface area contributed by atoms with E-state index in [1.165, 1.54) is 17.7 Å². The minimum Gasteiger partial charge on any atom is -0.269 e. The van der Waals surface area contributed by atoms with Crippen LogP contribution in [0, 0.1) is 0 Å². The zero-order valence-electron chi connectivity index (χ0n) is 9.09. The van der Waals surface area contributed by atoms with E-state index in [0.29, 0.717) is 5.92 Å². The average molecular weight is 242 g/mol. The minimum absolute atomic E-state index is 0.0503. The number of hydrogen-bond acceptors (Lipinski definition) is 3. The van der Waals surface area contributed by atoms with Crippen molar-refractivity contribution < 1.29 is 0 Å². The normalized spacial score (nSPS) is 15.8. The maximum absolute atomic E-state index is 12.1. The summed E-state index contributed by atoms with van der Waals surface area (Å²) in [5.41, 5.74) is 1.86. The molecule has 2 aromatic heterocycles. The van der Waals surface area contributed by atoms with E-state index in [4.69, 9.17) is 0 Å². The van der Waals surface area contributed by atoms with E-state index in [-0.39, 0.29) is 5.56 Å². The molecule has 3 aromatic rings. The highest BCUT2D eigenvalue weighted by Gasteiger charge is 2.25. The van der Waals surface area contributed by atoms with Crippen molar-refractivity contribution in [2.24, 2.45) is 0 Å². The summed E-state index contributed by atoms with van der Waals surface area (Å²) in [5, 5.41) is 0. The number of nitrogens with zero attached hydrogens (tertiary/aromatic N) is 2. The van der Waals surface area contributed by atoms with Crippen molar-refractivity contribution in [2.45, 2.75) is 18.8 Å². The van der Waals surface area contributed by atoms with Gasteiger partial charge in [0.05, 0.1) is 11.0 Å². The molecule has 0 saturated heterocycles. The first-order chi connectivity index (χ1) is 8.33. The van der Waals surface area contributed by atoms with Gasteiger partial charge in [-0.05, 0) is 30.9 Å². The third-order valence-electron chi connectivity index (χ3n) is 3.20. The Hall–Kier alpha value is -1.68. The van der Waals surface area contributed by atoms with E-state index in [2.05, 4.69) is 4.98 Å². The summed E-state index contributed by atoms with van der Waals surface area (Å²) in [5.74, 6) is 0.609. The molecule has 0 amide bonds. The summed E-state index contributed by atoms with van der Waals surface area (Å²) in [4.78, 5) is 18.7. The van der Waals surface area contributed by atoms with Crippen LogP contribution in [0.3, 0.4) is 0 Å². The molecule has 0 atom stereocenters. The standard InChI is InChI=1S/C13H10N2OS/c16-12-7-11(8-5-6-8)17-13-14-9-3-1-2-4-10(9)15(12)13/h1-4,7-8H,5-6H2. The quantitative estimate of drug-likeness (QED) is 0.657. The highest BCUT2D eigenvalue weighted by Crippen LogP contribution is 2.42. The molecule has 1 fully saturated rings. The van der Waals surface area contributed by atoms with Crippen LogP contribution >= 0.6 is 11.3 Å². The summed E-state index contributed by atoms with van der Waals surface area (Å²) < 4.78 is 1.71. The maximum Gasteiger partial charge on any atom is 0.258 e. The molecule has 0 radical (unpaired) electrons. The second-order valence-corrected chi connectivity index (χ2v) is 5.52. The molecule has 84 valence electrons. The van der Waals surface area contributed by atoms with Gasteiger partial charge in [0.2, 0.25) is 0 Å². The largest absolute Gasteiger partial charge is 0.269 e. The van der Waals surface area contributed by atoms with Gasteiger partial charge in [0.1, 0.15) is 0 Å². The molecule has 0 spiro atoms. The molecule has 4 rings (SSSR count). The Morgan fingerprint density at radius 2 is 2.12 bits per heavy atom. The predicted molar refractivity (Wildman–Crippen MR) is 68.8 cm³/mol. The van der Waals surface area contributed by atoms with Gasteiger partial charge in [-0.2, -0.15) is 0 Å². The van der Waals surface area contributed by atoms with Crippen LogP contribution in [-0.2, 0) is 0 Å². The Morgan fingerprint density at radius 1 is 1.29 bits per heavy atom. The van der Waals surface area contributed by atoms with Gasteiger partial charge in [-0.15, -0.1) is 11.3 Å². The molecule has 1 aliphatic rings. The second kappa shape index (κ2) is 3.17. The van der Waals surface area contributed by atoms with E-state index >= 15 is 0 Å². The van der Waals surface area contributed by atoms with Crippen molar-refractivity contribution >= 4 is 27.3 Å². The first kappa shape index (κ1) is 9.36. The van der Waals surface area contributed by atoms with Gasteiger partial charge in [0, 0.05) is 10.9 Å². The van der Waals surface area contributed by atoms with Crippen LogP contribution < -0.4 is 5.56 Å². The molecule has 0 N–H and O–H groups in total. The van der Waals surface area contributed by atoms with Crippen LogP contribution in [0.4, 0.5) is 0 Å². The van der Waals surface area contributed by atoms with E-state index in [1.807, 2.05) is 24.3 Å². The predicted octanol–water partition coefficient (Wildman–Crippen LogP) is 2.79. The Bertz CT molecular complexity index is 783. The molecule has 1 saturated carbocycles. The van der Waals surface area contributed by atoms with Crippen molar-refractivity contribution in [2.75, 3.05) is 0 Å². The SMILES string of the molecule is O=c1cc(C2CC2)sc2nc3ccccc3n12. The molecule has 17 heavy (non-hydrogen) atoms. The Labute approximate surface area is 101 Å². The minimum atomic E-state index is 0.0503. The Balaban J connectivity index is 2.16. The molecular formula is C13H10N2OS. The number of aromatic nitrogens is 2. The molecule has 0 bridgehead atoms. The van der Waals surface area contributed by atoms with Crippen molar-refractivity contribution in [1.29, 1.82) is 0 Å². The summed E-state index contributed by atoms with van der Waals surface area (Å²) in [6.07, 6.45) is 2.43. The molecular weight excluding hydrogens is 232 g/mol. The van der Waals surface area contributed by atoms with Gasteiger partial charge >= 0.3 is 0 Å². The molecule has 1 aromatic carbocycles. The third kappa shape index (κ3) is 1.34. The van der Waals surface area contributed by atoms with E-state index in [9.17, 15) is 4.79 Å². The molecule has 3 nitrogen and oxygen atoms in total. The van der Waals surface area contributed by atoms with E-state index < -0.39 is 0 Å². The topological polar surface area (TPSA) is 34.4 Å². The lowest BCUT2D eigenvalue weighted by atomic mass is 10.3. The molecule has 4 heteroatoms. The summed E-state index contributed by atoms with van der Waals surface area (Å²) in [6.45, 7) is 0. The number of para-hydroxylation sites is 2. The molecule has 0 aliphatic heterocycles. The first-order valence-electron chi connectivity index (χ1n) is 5.74. The number of fused-ring (bicyclic) bond motifs is 3. The molecule has 2 heterocycles. The highest BCUT2D eigenvalue weighted by atomic mass is 32.1. The van der Waals surface area contributed by atoms with Gasteiger partial charge in [0.25, 0.3) is 5.56 Å². The fourth-order valence-corrected chi connectivity index (χ4v) is 3.37. The van der Waals surface area contributed by atoms with Crippen LogP contribution in [0.2, 0.25) is 0 Å².